The zero-order valence-electron chi connectivity index (χ0n) is 18.9. The highest BCUT2D eigenvalue weighted by atomic mass is 16.2. The van der Waals surface area contributed by atoms with Crippen LogP contribution in [0.2, 0.25) is 0 Å². The number of hydrogen-bond acceptors (Lipinski definition) is 4. The molecule has 6 heteroatoms. The fraction of sp³-hybridized carbons (Fsp3) is 0.370. The molecule has 1 amide bonds. The number of carbonyl (C=O) groups excluding carboxylic acids is 1. The van der Waals surface area contributed by atoms with E-state index in [1.165, 1.54) is 28.7 Å². The van der Waals surface area contributed by atoms with Crippen LogP contribution in [0.4, 0.5) is 11.4 Å². The van der Waals surface area contributed by atoms with Gasteiger partial charge < -0.3 is 10.2 Å². The van der Waals surface area contributed by atoms with Gasteiger partial charge in [0.05, 0.1) is 24.3 Å². The number of nitrogens with zero attached hydrogens (tertiary/aromatic N) is 3. The van der Waals surface area contributed by atoms with Crippen molar-refractivity contribution < 1.29 is 4.79 Å². The maximum atomic E-state index is 13.1. The number of fused-ring (bicyclic) bond motifs is 1. The fourth-order valence-corrected chi connectivity index (χ4v) is 5.03. The number of anilines is 2. The second-order valence-corrected chi connectivity index (χ2v) is 9.12. The third-order valence-electron chi connectivity index (χ3n) is 6.84. The summed E-state index contributed by atoms with van der Waals surface area (Å²) in [5.41, 5.74) is 5.34. The van der Waals surface area contributed by atoms with Gasteiger partial charge in [-0.3, -0.25) is 9.59 Å². The molecule has 1 saturated heterocycles. The molecule has 2 aliphatic rings. The van der Waals surface area contributed by atoms with E-state index in [1.54, 1.807) is 12.3 Å². The first-order chi connectivity index (χ1) is 16.2. The van der Waals surface area contributed by atoms with Gasteiger partial charge >= 0.3 is 0 Å². The minimum atomic E-state index is -0.126. The molecule has 1 aliphatic heterocycles. The van der Waals surface area contributed by atoms with Crippen LogP contribution in [0.25, 0.3) is 0 Å². The summed E-state index contributed by atoms with van der Waals surface area (Å²) >= 11 is 0. The zero-order chi connectivity index (χ0) is 22.6. The number of aromatic nitrogens is 2. The SMILES string of the molecule is O=C(Nc1cccc2c1CCCC2)C1CCCN(c2cnn(Cc3ccccc3)c(=O)c2)C1. The van der Waals surface area contributed by atoms with Crippen LogP contribution in [0.3, 0.4) is 0 Å². The van der Waals surface area contributed by atoms with Gasteiger partial charge in [-0.15, -0.1) is 0 Å². The molecule has 6 nitrogen and oxygen atoms in total. The maximum absolute atomic E-state index is 13.1. The Labute approximate surface area is 194 Å². The van der Waals surface area contributed by atoms with Crippen LogP contribution in [-0.2, 0) is 24.2 Å². The van der Waals surface area contributed by atoms with E-state index in [2.05, 4.69) is 21.4 Å². The van der Waals surface area contributed by atoms with Gasteiger partial charge in [-0.05, 0) is 61.3 Å². The molecule has 1 fully saturated rings. The zero-order valence-corrected chi connectivity index (χ0v) is 18.9. The van der Waals surface area contributed by atoms with Gasteiger partial charge in [0.1, 0.15) is 0 Å². The topological polar surface area (TPSA) is 67.2 Å². The summed E-state index contributed by atoms with van der Waals surface area (Å²) in [5, 5.41) is 7.61. The second-order valence-electron chi connectivity index (χ2n) is 9.12. The fourth-order valence-electron chi connectivity index (χ4n) is 5.03. The normalized spacial score (nSPS) is 17.9. The molecule has 0 saturated carbocycles. The van der Waals surface area contributed by atoms with E-state index in [4.69, 9.17) is 0 Å². The van der Waals surface area contributed by atoms with Crippen molar-refractivity contribution in [2.75, 3.05) is 23.3 Å². The van der Waals surface area contributed by atoms with E-state index in [1.807, 2.05) is 42.5 Å². The molecule has 3 aromatic rings. The Morgan fingerprint density at radius 1 is 1.03 bits per heavy atom. The molecule has 1 unspecified atom stereocenters. The third kappa shape index (κ3) is 4.85. The molecular weight excluding hydrogens is 412 g/mol. The summed E-state index contributed by atoms with van der Waals surface area (Å²) < 4.78 is 1.48. The average molecular weight is 443 g/mol. The predicted molar refractivity (Wildman–Crippen MR) is 131 cm³/mol. The van der Waals surface area contributed by atoms with Crippen molar-refractivity contribution in [2.45, 2.75) is 45.1 Å². The summed E-state index contributed by atoms with van der Waals surface area (Å²) in [7, 11) is 0. The molecule has 0 bridgehead atoms. The highest BCUT2D eigenvalue weighted by Crippen LogP contribution is 2.29. The summed E-state index contributed by atoms with van der Waals surface area (Å²) in [6.45, 7) is 1.88. The van der Waals surface area contributed by atoms with Crippen molar-refractivity contribution in [3.63, 3.8) is 0 Å². The minimum absolute atomic E-state index is 0.0732. The Kier molecular flexibility index (Phi) is 6.24. The number of rotatable bonds is 5. The van der Waals surface area contributed by atoms with Crippen molar-refractivity contribution in [3.8, 4) is 0 Å². The number of amides is 1. The predicted octanol–water partition coefficient (Wildman–Crippen LogP) is 4.03. The molecule has 5 rings (SSSR count). The standard InChI is InChI=1S/C27H30N4O2/c32-26-16-23(17-28-31(26)18-20-8-2-1-3-9-20)30-15-7-12-22(19-30)27(33)29-25-14-6-11-21-10-4-5-13-24(21)25/h1-3,6,8-9,11,14,16-17,22H,4-5,7,10,12-13,15,18-19H2,(H,29,33). The van der Waals surface area contributed by atoms with Crippen LogP contribution in [0, 0.1) is 5.92 Å². The lowest BCUT2D eigenvalue weighted by atomic mass is 9.90. The quantitative estimate of drug-likeness (QED) is 0.648. The number of carbonyl (C=O) groups is 1. The highest BCUT2D eigenvalue weighted by Gasteiger charge is 2.27. The number of piperidine rings is 1. The van der Waals surface area contributed by atoms with Crippen molar-refractivity contribution in [3.05, 3.63) is 87.8 Å². The first-order valence-electron chi connectivity index (χ1n) is 11.9. The lowest BCUT2D eigenvalue weighted by molar-refractivity contribution is -0.120. The summed E-state index contributed by atoms with van der Waals surface area (Å²) in [5.74, 6) is -0.0333. The molecule has 0 spiro atoms. The largest absolute Gasteiger partial charge is 0.369 e. The summed E-state index contributed by atoms with van der Waals surface area (Å²) in [6.07, 6.45) is 8.05. The van der Waals surface area contributed by atoms with Crippen LogP contribution in [0.15, 0.2) is 65.6 Å². The molecular formula is C27H30N4O2. The van der Waals surface area contributed by atoms with E-state index in [0.29, 0.717) is 13.1 Å². The van der Waals surface area contributed by atoms with Crippen molar-refractivity contribution in [2.24, 2.45) is 5.92 Å². The van der Waals surface area contributed by atoms with E-state index >= 15 is 0 Å². The van der Waals surface area contributed by atoms with Crippen molar-refractivity contribution >= 4 is 17.3 Å². The Morgan fingerprint density at radius 3 is 2.73 bits per heavy atom. The van der Waals surface area contributed by atoms with Crippen LogP contribution >= 0.6 is 0 Å². The average Bonchev–Trinajstić information content (AvgIpc) is 2.86. The molecule has 2 aromatic carbocycles. The van der Waals surface area contributed by atoms with E-state index in [0.717, 1.165) is 49.2 Å². The van der Waals surface area contributed by atoms with Crippen LogP contribution in [0.5, 0.6) is 0 Å². The molecule has 2 heterocycles. The minimum Gasteiger partial charge on any atom is -0.369 e. The van der Waals surface area contributed by atoms with Crippen LogP contribution < -0.4 is 15.8 Å². The Balaban J connectivity index is 1.27. The molecule has 170 valence electrons. The molecule has 1 aliphatic carbocycles. The third-order valence-corrected chi connectivity index (χ3v) is 6.84. The van der Waals surface area contributed by atoms with Crippen molar-refractivity contribution in [1.82, 2.24) is 9.78 Å². The smallest absolute Gasteiger partial charge is 0.269 e. The molecule has 33 heavy (non-hydrogen) atoms. The van der Waals surface area contributed by atoms with E-state index in [-0.39, 0.29) is 17.4 Å². The Bertz CT molecular complexity index is 1190. The molecule has 1 aromatic heterocycles. The first-order valence-corrected chi connectivity index (χ1v) is 11.9. The Morgan fingerprint density at radius 2 is 1.88 bits per heavy atom. The van der Waals surface area contributed by atoms with Gasteiger partial charge in [0.25, 0.3) is 5.56 Å². The Hall–Kier alpha value is -3.41. The lowest BCUT2D eigenvalue weighted by Crippen LogP contribution is -2.41. The number of hydrogen-bond donors (Lipinski definition) is 1. The number of nitrogens with one attached hydrogen (secondary N) is 1. The molecule has 1 atom stereocenters. The molecule has 1 N–H and O–H groups in total. The monoisotopic (exact) mass is 442 g/mol. The lowest BCUT2D eigenvalue weighted by Gasteiger charge is -2.33. The van der Waals surface area contributed by atoms with Crippen LogP contribution in [-0.4, -0.2) is 28.8 Å². The van der Waals surface area contributed by atoms with Gasteiger partial charge in [0.2, 0.25) is 5.91 Å². The highest BCUT2D eigenvalue weighted by molar-refractivity contribution is 5.94. The first kappa shape index (κ1) is 21.4. The van der Waals surface area contributed by atoms with Gasteiger partial charge in [0.15, 0.2) is 0 Å². The van der Waals surface area contributed by atoms with Crippen LogP contribution in [0.1, 0.15) is 42.4 Å². The molecule has 0 radical (unpaired) electrons. The van der Waals surface area contributed by atoms with Crippen molar-refractivity contribution in [1.29, 1.82) is 0 Å². The number of benzene rings is 2. The van der Waals surface area contributed by atoms with Gasteiger partial charge in [0, 0.05) is 24.8 Å². The van der Waals surface area contributed by atoms with Gasteiger partial charge in [-0.25, -0.2) is 4.68 Å². The maximum Gasteiger partial charge on any atom is 0.269 e. The van der Waals surface area contributed by atoms with E-state index in [9.17, 15) is 9.59 Å². The van der Waals surface area contributed by atoms with Gasteiger partial charge in [-0.2, -0.15) is 5.10 Å². The van der Waals surface area contributed by atoms with Gasteiger partial charge in [-0.1, -0.05) is 42.5 Å². The van der Waals surface area contributed by atoms with E-state index < -0.39 is 0 Å². The summed E-state index contributed by atoms with van der Waals surface area (Å²) in [4.78, 5) is 27.9. The summed E-state index contributed by atoms with van der Waals surface area (Å²) in [6, 6.07) is 17.7. The second kappa shape index (κ2) is 9.61. The number of aryl methyl sites for hydroxylation is 1.